The SMILES string of the molecule is O=C1CCC(N2C(=O)c3cccc(N4CCC(CN5CC[C@@H](Nc6ncc(Cl)c(-c7c[nH]c8ccccc78)n6)C5)CC4)c3C2=O)C(=O)N1. The maximum Gasteiger partial charge on any atom is 0.264 e. The zero-order valence-electron chi connectivity index (χ0n) is 26.2. The number of carbonyl (C=O) groups excluding carboxylic acids is 4. The van der Waals surface area contributed by atoms with Crippen LogP contribution in [0, 0.1) is 5.92 Å². The molecule has 0 radical (unpaired) electrons. The summed E-state index contributed by atoms with van der Waals surface area (Å²) >= 11 is 6.54. The van der Waals surface area contributed by atoms with Gasteiger partial charge in [-0.15, -0.1) is 0 Å². The van der Waals surface area contributed by atoms with Crippen LogP contribution in [0.4, 0.5) is 11.6 Å². The molecule has 0 saturated carbocycles. The minimum Gasteiger partial charge on any atom is -0.371 e. The highest BCUT2D eigenvalue weighted by atomic mass is 35.5. The lowest BCUT2D eigenvalue weighted by Gasteiger charge is -2.36. The monoisotopic (exact) mass is 666 g/mol. The van der Waals surface area contributed by atoms with Gasteiger partial charge in [-0.05, 0) is 49.8 Å². The molecule has 4 amide bonds. The number of H-pyrrole nitrogens is 1. The number of carbonyl (C=O) groups is 4. The number of imide groups is 2. The molecule has 4 aliphatic heterocycles. The van der Waals surface area contributed by atoms with Gasteiger partial charge in [-0.2, -0.15) is 0 Å². The largest absolute Gasteiger partial charge is 0.371 e. The van der Waals surface area contributed by atoms with Crippen LogP contribution in [-0.2, 0) is 9.59 Å². The summed E-state index contributed by atoms with van der Waals surface area (Å²) in [6.07, 6.45) is 6.75. The molecular weight excluding hydrogens is 632 g/mol. The molecule has 0 bridgehead atoms. The van der Waals surface area contributed by atoms with E-state index in [2.05, 4.69) is 36.5 Å². The highest BCUT2D eigenvalue weighted by Gasteiger charge is 2.46. The maximum atomic E-state index is 13.6. The van der Waals surface area contributed by atoms with Crippen molar-refractivity contribution in [3.63, 3.8) is 0 Å². The molecule has 246 valence electrons. The first kappa shape index (κ1) is 30.5. The zero-order chi connectivity index (χ0) is 32.9. The summed E-state index contributed by atoms with van der Waals surface area (Å²) in [5.74, 6) is -0.844. The first-order valence-corrected chi connectivity index (χ1v) is 16.9. The van der Waals surface area contributed by atoms with Crippen molar-refractivity contribution >= 4 is 57.8 Å². The number of fused-ring (bicyclic) bond motifs is 2. The molecule has 2 aromatic carbocycles. The van der Waals surface area contributed by atoms with Gasteiger partial charge in [0.2, 0.25) is 17.8 Å². The number of hydrogen-bond acceptors (Lipinski definition) is 9. The number of aromatic amines is 1. The molecule has 48 heavy (non-hydrogen) atoms. The Morgan fingerprint density at radius 1 is 0.917 bits per heavy atom. The highest BCUT2D eigenvalue weighted by Crippen LogP contribution is 2.36. The van der Waals surface area contributed by atoms with Gasteiger partial charge in [0.05, 0.1) is 33.7 Å². The number of anilines is 2. The van der Waals surface area contributed by atoms with E-state index < -0.39 is 23.8 Å². The molecule has 2 aromatic heterocycles. The number of halogens is 1. The van der Waals surface area contributed by atoms with Gasteiger partial charge < -0.3 is 20.1 Å². The Kier molecular flexibility index (Phi) is 7.84. The van der Waals surface area contributed by atoms with Crippen LogP contribution >= 0.6 is 11.6 Å². The number of hydrogen-bond donors (Lipinski definition) is 3. The number of benzene rings is 2. The van der Waals surface area contributed by atoms with Crippen molar-refractivity contribution in [1.82, 2.24) is 30.1 Å². The molecule has 3 saturated heterocycles. The molecule has 12 nitrogen and oxygen atoms in total. The summed E-state index contributed by atoms with van der Waals surface area (Å²) in [4.78, 5) is 69.3. The second-order valence-electron chi connectivity index (χ2n) is 13.1. The van der Waals surface area contributed by atoms with Gasteiger partial charge in [0, 0.05) is 67.8 Å². The molecule has 1 unspecified atom stereocenters. The van der Waals surface area contributed by atoms with Gasteiger partial charge in [-0.1, -0.05) is 35.9 Å². The highest BCUT2D eigenvalue weighted by molar-refractivity contribution is 6.33. The minimum absolute atomic E-state index is 0.0969. The number of nitrogens with zero attached hydrogens (tertiary/aromatic N) is 5. The van der Waals surface area contributed by atoms with E-state index in [0.29, 0.717) is 33.7 Å². The van der Waals surface area contributed by atoms with Crippen molar-refractivity contribution in [2.24, 2.45) is 5.92 Å². The fourth-order valence-corrected chi connectivity index (χ4v) is 7.87. The van der Waals surface area contributed by atoms with Crippen molar-refractivity contribution in [2.75, 3.05) is 42.9 Å². The lowest BCUT2D eigenvalue weighted by Crippen LogP contribution is -2.54. The second-order valence-corrected chi connectivity index (χ2v) is 13.5. The summed E-state index contributed by atoms with van der Waals surface area (Å²) in [5.41, 5.74) is 4.09. The molecule has 0 aliphatic carbocycles. The average Bonchev–Trinajstić information content (AvgIpc) is 3.79. The molecular formula is C35H35ClN8O4. The summed E-state index contributed by atoms with van der Waals surface area (Å²) in [7, 11) is 0. The third kappa shape index (κ3) is 5.48. The molecule has 3 N–H and O–H groups in total. The first-order valence-electron chi connectivity index (χ1n) is 16.5. The lowest BCUT2D eigenvalue weighted by atomic mass is 9.95. The number of para-hydroxylation sites is 1. The van der Waals surface area contributed by atoms with Crippen LogP contribution in [-0.4, -0.2) is 93.2 Å². The first-order chi connectivity index (χ1) is 23.3. The molecule has 4 aromatic rings. The quantitative estimate of drug-likeness (QED) is 0.249. The molecule has 8 rings (SSSR count). The third-order valence-electron chi connectivity index (χ3n) is 10.1. The standard InChI is InChI=1S/C35H35ClN8O4/c36-25-17-38-35(41-31(25)24-16-37-26-6-2-1-4-22(24)26)39-21-12-13-42(19-21)18-20-10-14-43(15-11-20)27-7-3-5-23-30(27)34(48)44(33(23)47)28-8-9-29(45)40-32(28)46/h1-7,16-17,20-21,28,37H,8-15,18-19H2,(H,38,39,41)(H,40,45,46)/t21-,28?/m1/s1. The fourth-order valence-electron chi connectivity index (χ4n) is 7.67. The number of likely N-dealkylation sites (tertiary alicyclic amines) is 1. The van der Waals surface area contributed by atoms with Gasteiger partial charge in [0.15, 0.2) is 0 Å². The van der Waals surface area contributed by atoms with Crippen molar-refractivity contribution in [1.29, 1.82) is 0 Å². The number of piperidine rings is 2. The molecule has 4 aliphatic rings. The van der Waals surface area contributed by atoms with Crippen LogP contribution in [0.1, 0.15) is 52.8 Å². The molecule has 0 spiro atoms. The molecule has 13 heteroatoms. The van der Waals surface area contributed by atoms with Crippen molar-refractivity contribution < 1.29 is 19.2 Å². The summed E-state index contributed by atoms with van der Waals surface area (Å²) in [5, 5.41) is 7.36. The van der Waals surface area contributed by atoms with Gasteiger partial charge in [0.1, 0.15) is 6.04 Å². The Morgan fingerprint density at radius 3 is 2.58 bits per heavy atom. The number of nitrogens with one attached hydrogen (secondary N) is 3. The summed E-state index contributed by atoms with van der Waals surface area (Å²) in [6.45, 7) is 4.41. The Balaban J connectivity index is 0.876. The molecule has 3 fully saturated rings. The van der Waals surface area contributed by atoms with E-state index in [1.54, 1.807) is 18.3 Å². The van der Waals surface area contributed by atoms with E-state index in [4.69, 9.17) is 16.6 Å². The number of amides is 4. The van der Waals surface area contributed by atoms with Crippen LogP contribution in [0.5, 0.6) is 0 Å². The van der Waals surface area contributed by atoms with E-state index in [0.717, 1.165) is 79.0 Å². The van der Waals surface area contributed by atoms with E-state index in [1.807, 2.05) is 30.5 Å². The Hall–Kier alpha value is -4.81. The van der Waals surface area contributed by atoms with E-state index >= 15 is 0 Å². The van der Waals surface area contributed by atoms with Crippen LogP contribution < -0.4 is 15.5 Å². The summed E-state index contributed by atoms with van der Waals surface area (Å²) in [6, 6.07) is 12.7. The Morgan fingerprint density at radius 2 is 1.75 bits per heavy atom. The van der Waals surface area contributed by atoms with Crippen molar-refractivity contribution in [2.45, 2.75) is 44.2 Å². The summed E-state index contributed by atoms with van der Waals surface area (Å²) < 4.78 is 0. The molecule has 6 heterocycles. The van der Waals surface area contributed by atoms with Crippen LogP contribution in [0.15, 0.2) is 54.9 Å². The predicted molar refractivity (Wildman–Crippen MR) is 181 cm³/mol. The van der Waals surface area contributed by atoms with E-state index in [1.165, 1.54) is 0 Å². The Bertz CT molecular complexity index is 1950. The van der Waals surface area contributed by atoms with Crippen molar-refractivity contribution in [3.8, 4) is 11.3 Å². The van der Waals surface area contributed by atoms with Gasteiger partial charge in [-0.3, -0.25) is 29.4 Å². The van der Waals surface area contributed by atoms with Gasteiger partial charge >= 0.3 is 0 Å². The van der Waals surface area contributed by atoms with Crippen LogP contribution in [0.3, 0.4) is 0 Å². The predicted octanol–water partition coefficient (Wildman–Crippen LogP) is 4.08. The molecule has 2 atom stereocenters. The minimum atomic E-state index is -0.972. The fraction of sp³-hybridized carbons (Fsp3) is 0.371. The van der Waals surface area contributed by atoms with Crippen LogP contribution in [0.25, 0.3) is 22.2 Å². The normalized spacial score (nSPS) is 22.1. The second kappa shape index (κ2) is 12.3. The van der Waals surface area contributed by atoms with E-state index in [9.17, 15) is 19.2 Å². The van der Waals surface area contributed by atoms with Crippen molar-refractivity contribution in [3.05, 3.63) is 71.0 Å². The third-order valence-corrected chi connectivity index (χ3v) is 10.4. The smallest absolute Gasteiger partial charge is 0.264 e. The van der Waals surface area contributed by atoms with Gasteiger partial charge in [-0.25, -0.2) is 9.97 Å². The number of aromatic nitrogens is 3. The van der Waals surface area contributed by atoms with E-state index in [-0.39, 0.29) is 24.8 Å². The zero-order valence-corrected chi connectivity index (χ0v) is 27.0. The topological polar surface area (TPSA) is 144 Å². The van der Waals surface area contributed by atoms with Gasteiger partial charge in [0.25, 0.3) is 11.8 Å². The lowest BCUT2D eigenvalue weighted by molar-refractivity contribution is -0.136. The average molecular weight is 667 g/mol. The maximum absolute atomic E-state index is 13.6. The van der Waals surface area contributed by atoms with Crippen LogP contribution in [0.2, 0.25) is 5.02 Å². The Labute approximate surface area is 281 Å². The number of rotatable bonds is 7.